The summed E-state index contributed by atoms with van der Waals surface area (Å²) in [5, 5.41) is 7.40. The first-order chi connectivity index (χ1) is 8.71. The maximum Gasteiger partial charge on any atom is 0.406 e. The van der Waals surface area contributed by atoms with Crippen molar-refractivity contribution in [1.29, 1.82) is 0 Å². The molecular formula is C8H12F3NO6S2. The Morgan fingerprint density at radius 1 is 1.30 bits per heavy atom. The molecule has 1 unspecified atom stereocenters. The number of carboxylic acid groups (broad SMARTS) is 1. The highest BCUT2D eigenvalue weighted by Crippen LogP contribution is 2.46. The van der Waals surface area contributed by atoms with Crippen molar-refractivity contribution in [1.82, 2.24) is 4.31 Å². The molecule has 0 aromatic rings. The van der Waals surface area contributed by atoms with Crippen LogP contribution in [0.2, 0.25) is 0 Å². The van der Waals surface area contributed by atoms with Crippen LogP contribution in [0.1, 0.15) is 6.42 Å². The standard InChI is InChI=1S/C8H12F3NO6S2/c1-19(15,16)5-20(17,18)12-3-2-7(4-12,6(13)14)8(9,10)11/h2-5H2,1H3,(H,13,14). The van der Waals surface area contributed by atoms with Crippen molar-refractivity contribution in [2.45, 2.75) is 12.6 Å². The van der Waals surface area contributed by atoms with E-state index in [2.05, 4.69) is 0 Å². The molecule has 0 aromatic carbocycles. The number of aliphatic carboxylic acids is 1. The van der Waals surface area contributed by atoms with Crippen molar-refractivity contribution in [3.8, 4) is 0 Å². The number of carboxylic acids is 1. The third kappa shape index (κ3) is 3.23. The Labute approximate surface area is 113 Å². The summed E-state index contributed by atoms with van der Waals surface area (Å²) >= 11 is 0. The predicted octanol–water partition coefficient (Wildman–Crippen LogP) is -0.343. The molecule has 0 aliphatic carbocycles. The van der Waals surface area contributed by atoms with Gasteiger partial charge in [0.15, 0.2) is 20.3 Å². The van der Waals surface area contributed by atoms with Crippen LogP contribution in [0.4, 0.5) is 13.2 Å². The maximum atomic E-state index is 12.8. The van der Waals surface area contributed by atoms with E-state index in [1.807, 2.05) is 0 Å². The fraction of sp³-hybridized carbons (Fsp3) is 0.875. The Bertz CT molecular complexity index is 611. The summed E-state index contributed by atoms with van der Waals surface area (Å²) in [4.78, 5) is 10.9. The van der Waals surface area contributed by atoms with Gasteiger partial charge in [0.05, 0.1) is 0 Å². The van der Waals surface area contributed by atoms with Gasteiger partial charge in [0.2, 0.25) is 10.0 Å². The minimum atomic E-state index is -5.13. The number of alkyl halides is 3. The molecule has 1 saturated heterocycles. The maximum absolute atomic E-state index is 12.8. The van der Waals surface area contributed by atoms with Gasteiger partial charge in [-0.15, -0.1) is 0 Å². The average Bonchev–Trinajstić information content (AvgIpc) is 2.57. The first kappa shape index (κ1) is 17.2. The van der Waals surface area contributed by atoms with E-state index < -0.39 is 62.0 Å². The summed E-state index contributed by atoms with van der Waals surface area (Å²) in [7, 11) is -8.47. The number of hydrogen-bond donors (Lipinski definition) is 1. The lowest BCUT2D eigenvalue weighted by Gasteiger charge is -2.27. The summed E-state index contributed by atoms with van der Waals surface area (Å²) in [5.41, 5.74) is -3.20. The van der Waals surface area contributed by atoms with Crippen LogP contribution >= 0.6 is 0 Å². The first-order valence-corrected chi connectivity index (χ1v) is 8.84. The number of hydrogen-bond acceptors (Lipinski definition) is 5. The van der Waals surface area contributed by atoms with E-state index in [9.17, 15) is 34.8 Å². The number of nitrogens with zero attached hydrogens (tertiary/aromatic N) is 1. The van der Waals surface area contributed by atoms with Gasteiger partial charge in [-0.05, 0) is 6.42 Å². The van der Waals surface area contributed by atoms with Gasteiger partial charge in [0, 0.05) is 19.3 Å². The molecule has 7 nitrogen and oxygen atoms in total. The van der Waals surface area contributed by atoms with Crippen LogP contribution in [0.3, 0.4) is 0 Å². The number of carbonyl (C=O) groups is 1. The third-order valence-electron chi connectivity index (χ3n) is 2.94. The molecule has 12 heteroatoms. The minimum Gasteiger partial charge on any atom is -0.481 e. The predicted molar refractivity (Wildman–Crippen MR) is 60.9 cm³/mol. The molecule has 0 spiro atoms. The highest BCUT2D eigenvalue weighted by molar-refractivity contribution is 8.06. The summed E-state index contributed by atoms with van der Waals surface area (Å²) in [6.45, 7) is -2.01. The molecule has 1 heterocycles. The second-order valence-corrected chi connectivity index (χ2v) is 9.10. The molecule has 0 bridgehead atoms. The fourth-order valence-corrected chi connectivity index (χ4v) is 5.43. The van der Waals surface area contributed by atoms with E-state index in [0.29, 0.717) is 6.26 Å². The van der Waals surface area contributed by atoms with Gasteiger partial charge in [-0.2, -0.15) is 17.5 Å². The van der Waals surface area contributed by atoms with E-state index in [-0.39, 0.29) is 4.31 Å². The largest absolute Gasteiger partial charge is 0.481 e. The van der Waals surface area contributed by atoms with E-state index in [1.165, 1.54) is 0 Å². The van der Waals surface area contributed by atoms with Gasteiger partial charge in [0.25, 0.3) is 0 Å². The van der Waals surface area contributed by atoms with Crippen LogP contribution in [-0.4, -0.2) is 62.8 Å². The quantitative estimate of drug-likeness (QED) is 0.750. The number of rotatable bonds is 4. The lowest BCUT2D eigenvalue weighted by atomic mass is 9.86. The second kappa shape index (κ2) is 4.84. The Morgan fingerprint density at radius 3 is 2.10 bits per heavy atom. The van der Waals surface area contributed by atoms with E-state index in [1.54, 1.807) is 0 Å². The Hall–Kier alpha value is -0.880. The lowest BCUT2D eigenvalue weighted by Crippen LogP contribution is -2.48. The topological polar surface area (TPSA) is 109 Å². The average molecular weight is 339 g/mol. The molecule has 1 rings (SSSR count). The van der Waals surface area contributed by atoms with Crippen LogP contribution in [0.15, 0.2) is 0 Å². The van der Waals surface area contributed by atoms with Crippen LogP contribution in [0.25, 0.3) is 0 Å². The molecule has 0 amide bonds. The zero-order chi connectivity index (χ0) is 16.0. The Balaban J connectivity index is 3.10. The van der Waals surface area contributed by atoms with Gasteiger partial charge in [-0.1, -0.05) is 0 Å². The van der Waals surface area contributed by atoms with E-state index >= 15 is 0 Å². The molecule has 1 atom stereocenters. The van der Waals surface area contributed by atoms with E-state index in [4.69, 9.17) is 5.11 Å². The molecule has 1 fully saturated rings. The van der Waals surface area contributed by atoms with Gasteiger partial charge in [0.1, 0.15) is 0 Å². The molecule has 1 aliphatic rings. The van der Waals surface area contributed by atoms with Crippen LogP contribution < -0.4 is 0 Å². The molecule has 0 radical (unpaired) electrons. The summed E-state index contributed by atoms with van der Waals surface area (Å²) < 4.78 is 84.0. The van der Waals surface area contributed by atoms with Crippen molar-refractivity contribution >= 4 is 25.8 Å². The highest BCUT2D eigenvalue weighted by Gasteiger charge is 2.65. The Kier molecular flexibility index (Phi) is 4.16. The van der Waals surface area contributed by atoms with Gasteiger partial charge < -0.3 is 5.11 Å². The zero-order valence-electron chi connectivity index (χ0n) is 10.2. The SMILES string of the molecule is CS(=O)(=O)CS(=O)(=O)N1CCC(C(=O)O)(C(F)(F)F)C1. The number of sulfone groups is 1. The fourth-order valence-electron chi connectivity index (χ4n) is 1.88. The highest BCUT2D eigenvalue weighted by atomic mass is 32.3. The molecule has 1 N–H and O–H groups in total. The summed E-state index contributed by atoms with van der Waals surface area (Å²) in [5.74, 6) is -2.18. The minimum absolute atomic E-state index is 0.260. The van der Waals surface area contributed by atoms with Crippen molar-refractivity contribution in [2.75, 3.05) is 24.4 Å². The van der Waals surface area contributed by atoms with Crippen LogP contribution in [0, 0.1) is 5.41 Å². The van der Waals surface area contributed by atoms with Crippen molar-refractivity contribution in [3.63, 3.8) is 0 Å². The molecule has 118 valence electrons. The second-order valence-electron chi connectivity index (χ2n) is 4.62. The first-order valence-electron chi connectivity index (χ1n) is 5.17. The Morgan fingerprint density at radius 2 is 1.80 bits per heavy atom. The number of halogens is 3. The zero-order valence-corrected chi connectivity index (χ0v) is 11.8. The van der Waals surface area contributed by atoms with Crippen molar-refractivity contribution in [3.05, 3.63) is 0 Å². The van der Waals surface area contributed by atoms with Crippen molar-refractivity contribution in [2.24, 2.45) is 5.41 Å². The molecular weight excluding hydrogens is 327 g/mol. The smallest absolute Gasteiger partial charge is 0.406 e. The monoisotopic (exact) mass is 339 g/mol. The van der Waals surface area contributed by atoms with Crippen LogP contribution in [0.5, 0.6) is 0 Å². The third-order valence-corrected chi connectivity index (χ3v) is 6.95. The summed E-state index contributed by atoms with van der Waals surface area (Å²) in [6, 6.07) is 0. The molecule has 0 saturated carbocycles. The molecule has 1 aliphatic heterocycles. The summed E-state index contributed by atoms with van der Waals surface area (Å²) in [6.07, 6.45) is -5.46. The molecule has 20 heavy (non-hydrogen) atoms. The van der Waals surface area contributed by atoms with Gasteiger partial charge >= 0.3 is 12.1 Å². The molecule has 0 aromatic heterocycles. The van der Waals surface area contributed by atoms with Gasteiger partial charge in [-0.25, -0.2) is 16.8 Å². The normalized spacial score (nSPS) is 25.8. The number of sulfonamides is 1. The van der Waals surface area contributed by atoms with Crippen molar-refractivity contribution < 1.29 is 39.9 Å². The van der Waals surface area contributed by atoms with E-state index in [0.717, 1.165) is 0 Å². The van der Waals surface area contributed by atoms with Crippen LogP contribution in [-0.2, 0) is 24.7 Å². The lowest BCUT2D eigenvalue weighted by molar-refractivity contribution is -0.226. The van der Waals surface area contributed by atoms with Gasteiger partial charge in [-0.3, -0.25) is 4.79 Å².